The van der Waals surface area contributed by atoms with Crippen molar-refractivity contribution in [2.45, 2.75) is 19.2 Å². The third-order valence-electron chi connectivity index (χ3n) is 3.79. The molecule has 1 atom stereocenters. The van der Waals surface area contributed by atoms with Gasteiger partial charge in [0.1, 0.15) is 11.5 Å². The van der Waals surface area contributed by atoms with E-state index in [1.807, 2.05) is 6.07 Å². The molecule has 0 fully saturated rings. The monoisotopic (exact) mass is 403 g/mol. The summed E-state index contributed by atoms with van der Waals surface area (Å²) in [4.78, 5) is 20.4. The number of nitrogens with zero attached hydrogens (tertiary/aromatic N) is 2. The van der Waals surface area contributed by atoms with Crippen LogP contribution in [0.2, 0.25) is 5.02 Å². The molecule has 0 aliphatic heterocycles. The molecule has 2 aromatic heterocycles. The van der Waals surface area contributed by atoms with Gasteiger partial charge in [-0.05, 0) is 42.8 Å². The summed E-state index contributed by atoms with van der Waals surface area (Å²) in [5.41, 5.74) is 2.25. The smallest absolute Gasteiger partial charge is 0.232 e. The minimum absolute atomic E-state index is 0.0944. The minimum atomic E-state index is -1.39. The molecule has 1 N–H and O–H groups in total. The highest BCUT2D eigenvalue weighted by Crippen LogP contribution is 2.24. The Morgan fingerprint density at radius 3 is 2.74 bits per heavy atom. The predicted octanol–water partition coefficient (Wildman–Crippen LogP) is 3.26. The van der Waals surface area contributed by atoms with Gasteiger partial charge < -0.3 is 9.73 Å². The molecular weight excluding hydrogens is 386 g/mol. The second-order valence-electron chi connectivity index (χ2n) is 5.90. The fraction of sp³-hybridized carbons (Fsp3) is 0.211. The zero-order valence-electron chi connectivity index (χ0n) is 14.6. The molecule has 1 amide bonds. The molecule has 0 bridgehead atoms. The van der Waals surface area contributed by atoms with Crippen molar-refractivity contribution in [1.82, 2.24) is 15.3 Å². The molecule has 1 unspecified atom stereocenters. The van der Waals surface area contributed by atoms with Crippen LogP contribution in [0.3, 0.4) is 0 Å². The van der Waals surface area contributed by atoms with Crippen molar-refractivity contribution in [2.75, 3.05) is 5.75 Å². The molecular formula is C19H18ClN3O3S. The van der Waals surface area contributed by atoms with E-state index in [-0.39, 0.29) is 17.4 Å². The summed E-state index contributed by atoms with van der Waals surface area (Å²) in [5.74, 6) is 0.809. The van der Waals surface area contributed by atoms with Crippen LogP contribution >= 0.6 is 11.6 Å². The molecule has 3 aromatic rings. The highest BCUT2D eigenvalue weighted by molar-refractivity contribution is 7.84. The van der Waals surface area contributed by atoms with Crippen LogP contribution in [0.4, 0.5) is 0 Å². The average molecular weight is 404 g/mol. The fourth-order valence-corrected chi connectivity index (χ4v) is 3.58. The van der Waals surface area contributed by atoms with Crippen molar-refractivity contribution in [3.05, 3.63) is 70.8 Å². The number of pyridine rings is 1. The Balaban J connectivity index is 1.56. The number of carbonyl (C=O) groups is 1. The van der Waals surface area contributed by atoms with Gasteiger partial charge in [0.15, 0.2) is 0 Å². The predicted molar refractivity (Wildman–Crippen MR) is 104 cm³/mol. The lowest BCUT2D eigenvalue weighted by Gasteiger charge is -2.04. The van der Waals surface area contributed by atoms with Gasteiger partial charge in [-0.2, -0.15) is 0 Å². The summed E-state index contributed by atoms with van der Waals surface area (Å²) in [7, 11) is -1.39. The number of carbonyl (C=O) groups excluding carboxylic acids is 1. The van der Waals surface area contributed by atoms with Crippen LogP contribution in [-0.2, 0) is 27.9 Å². The maximum absolute atomic E-state index is 12.3. The number of hydrogen-bond donors (Lipinski definition) is 1. The van der Waals surface area contributed by atoms with Gasteiger partial charge in [0.25, 0.3) is 0 Å². The van der Waals surface area contributed by atoms with E-state index in [4.69, 9.17) is 16.0 Å². The Kier molecular flexibility index (Phi) is 6.36. The lowest BCUT2D eigenvalue weighted by Crippen LogP contribution is -2.28. The fourth-order valence-electron chi connectivity index (χ4n) is 2.38. The van der Waals surface area contributed by atoms with Gasteiger partial charge in [0.05, 0.1) is 11.4 Å². The standard InChI is InChI=1S/C19H18ClN3O3S/c1-13-17(23-19(26-13)15-4-6-16(20)7-5-15)11-27(25)12-18(24)22-10-14-3-2-8-21-9-14/h2-9H,10-12H2,1H3,(H,22,24). The van der Waals surface area contributed by atoms with E-state index < -0.39 is 10.8 Å². The van der Waals surface area contributed by atoms with Crippen LogP contribution in [0.25, 0.3) is 11.5 Å². The quantitative estimate of drug-likeness (QED) is 0.654. The summed E-state index contributed by atoms with van der Waals surface area (Å²) in [6.45, 7) is 2.12. The van der Waals surface area contributed by atoms with Gasteiger partial charge in [-0.1, -0.05) is 17.7 Å². The molecule has 3 rings (SSSR count). The zero-order chi connectivity index (χ0) is 19.2. The highest BCUT2D eigenvalue weighted by Gasteiger charge is 2.16. The number of nitrogens with one attached hydrogen (secondary N) is 1. The van der Waals surface area contributed by atoms with Crippen LogP contribution < -0.4 is 5.32 Å². The molecule has 2 heterocycles. The van der Waals surface area contributed by atoms with Gasteiger partial charge >= 0.3 is 0 Å². The minimum Gasteiger partial charge on any atom is -0.441 e. The van der Waals surface area contributed by atoms with E-state index in [1.165, 1.54) is 0 Å². The Bertz CT molecular complexity index is 943. The maximum atomic E-state index is 12.3. The summed E-state index contributed by atoms with van der Waals surface area (Å²) in [5, 5.41) is 3.36. The molecule has 0 saturated heterocycles. The summed E-state index contributed by atoms with van der Waals surface area (Å²) in [6.07, 6.45) is 3.34. The van der Waals surface area contributed by atoms with Gasteiger partial charge in [0, 0.05) is 40.3 Å². The summed E-state index contributed by atoms with van der Waals surface area (Å²) < 4.78 is 18.0. The van der Waals surface area contributed by atoms with E-state index in [2.05, 4.69) is 15.3 Å². The first kappa shape index (κ1) is 19.3. The van der Waals surface area contributed by atoms with Gasteiger partial charge in [-0.3, -0.25) is 14.0 Å². The second kappa shape index (κ2) is 8.92. The number of halogens is 1. The normalized spacial score (nSPS) is 11.9. The largest absolute Gasteiger partial charge is 0.441 e. The van der Waals surface area contributed by atoms with Gasteiger partial charge in [-0.15, -0.1) is 0 Å². The molecule has 0 spiro atoms. The van der Waals surface area contributed by atoms with Crippen molar-refractivity contribution >= 4 is 28.3 Å². The third-order valence-corrected chi connectivity index (χ3v) is 5.22. The van der Waals surface area contributed by atoms with Gasteiger partial charge in [-0.25, -0.2) is 4.98 Å². The number of amides is 1. The van der Waals surface area contributed by atoms with Crippen LogP contribution in [0, 0.1) is 6.92 Å². The Morgan fingerprint density at radius 2 is 2.04 bits per heavy atom. The zero-order valence-corrected chi connectivity index (χ0v) is 16.2. The van der Waals surface area contributed by atoms with E-state index in [0.29, 0.717) is 28.9 Å². The Morgan fingerprint density at radius 1 is 1.26 bits per heavy atom. The number of aromatic nitrogens is 2. The molecule has 140 valence electrons. The van der Waals surface area contributed by atoms with Crippen molar-refractivity contribution in [3.63, 3.8) is 0 Å². The lowest BCUT2D eigenvalue weighted by molar-refractivity contribution is -0.118. The van der Waals surface area contributed by atoms with Gasteiger partial charge in [0.2, 0.25) is 11.8 Å². The first-order valence-corrected chi connectivity index (χ1v) is 10.1. The van der Waals surface area contributed by atoms with Crippen LogP contribution in [-0.4, -0.2) is 25.8 Å². The van der Waals surface area contributed by atoms with Crippen LogP contribution in [0.1, 0.15) is 17.0 Å². The topological polar surface area (TPSA) is 85.1 Å². The Hall–Kier alpha value is -2.51. The molecule has 1 aromatic carbocycles. The first-order chi connectivity index (χ1) is 13.0. The maximum Gasteiger partial charge on any atom is 0.232 e. The molecule has 0 aliphatic rings. The summed E-state index contributed by atoms with van der Waals surface area (Å²) in [6, 6.07) is 10.8. The molecule has 0 saturated carbocycles. The van der Waals surface area contributed by atoms with Crippen LogP contribution in [0.15, 0.2) is 53.2 Å². The van der Waals surface area contributed by atoms with Crippen molar-refractivity contribution in [3.8, 4) is 11.5 Å². The van der Waals surface area contributed by atoms with E-state index in [1.54, 1.807) is 49.6 Å². The SMILES string of the molecule is Cc1oc(-c2ccc(Cl)cc2)nc1CS(=O)CC(=O)NCc1cccnc1. The molecule has 27 heavy (non-hydrogen) atoms. The summed E-state index contributed by atoms with van der Waals surface area (Å²) >= 11 is 5.89. The van der Waals surface area contributed by atoms with E-state index in [0.717, 1.165) is 11.1 Å². The van der Waals surface area contributed by atoms with E-state index in [9.17, 15) is 9.00 Å². The molecule has 0 aliphatic carbocycles. The average Bonchev–Trinajstić information content (AvgIpc) is 3.02. The van der Waals surface area contributed by atoms with Crippen molar-refractivity contribution < 1.29 is 13.4 Å². The molecule has 6 nitrogen and oxygen atoms in total. The number of hydrogen-bond acceptors (Lipinski definition) is 5. The number of rotatable bonds is 7. The Labute approximate surface area is 164 Å². The van der Waals surface area contributed by atoms with Crippen LogP contribution in [0.5, 0.6) is 0 Å². The van der Waals surface area contributed by atoms with E-state index >= 15 is 0 Å². The number of oxazole rings is 1. The second-order valence-corrected chi connectivity index (χ2v) is 7.79. The molecule has 8 heteroatoms. The third kappa shape index (κ3) is 5.48. The molecule has 0 radical (unpaired) electrons. The highest BCUT2D eigenvalue weighted by atomic mass is 35.5. The van der Waals surface area contributed by atoms with Crippen molar-refractivity contribution in [2.24, 2.45) is 0 Å². The number of benzene rings is 1. The van der Waals surface area contributed by atoms with Crippen molar-refractivity contribution in [1.29, 1.82) is 0 Å². The number of aryl methyl sites for hydroxylation is 1. The lowest BCUT2D eigenvalue weighted by atomic mass is 10.2. The first-order valence-electron chi connectivity index (χ1n) is 8.24.